The van der Waals surface area contributed by atoms with Crippen LogP contribution >= 0.6 is 0 Å². The monoisotopic (exact) mass is 808 g/mol. The number of hydrogen-bond donors (Lipinski definition) is 0. The number of allylic oxidation sites excluding steroid dienone is 2. The minimum absolute atomic E-state index is 0.611. The van der Waals surface area contributed by atoms with Crippen LogP contribution in [0.1, 0.15) is 27.8 Å². The van der Waals surface area contributed by atoms with Crippen molar-refractivity contribution in [1.82, 2.24) is 9.55 Å². The van der Waals surface area contributed by atoms with Crippen LogP contribution < -0.4 is 18.9 Å². The number of benzene rings is 7. The Kier molecular flexibility index (Phi) is 8.75. The standard InChI is InChI=1S/C54H40N4O4/c1-59-39-23-13-35(14-24-39)48-49(36-15-25-40(60-2)26-16-36)56-52(55-48)46-32-22-34-10-6-8-12-45(34)54(46)47-43-11-7-5-9-33(43)21-31-44(47)53-57-50(37-17-27-41(61-3)28-18-37)51(58(53)54)38-19-29-42(62-4)30-20-38/h5-32H,1-4H3. The molecule has 7 aromatic carbocycles. The number of ether oxygens (including phenoxy) is 4. The molecule has 1 aliphatic carbocycles. The summed E-state index contributed by atoms with van der Waals surface area (Å²) < 4.78 is 24.9. The Labute approximate surface area is 359 Å². The first-order valence-corrected chi connectivity index (χ1v) is 20.5. The number of fused-ring (bicyclic) bond motifs is 9. The van der Waals surface area contributed by atoms with Crippen LogP contribution in [-0.2, 0) is 5.54 Å². The topological polar surface area (TPSA) is 79.5 Å². The van der Waals surface area contributed by atoms with Crippen molar-refractivity contribution in [3.8, 4) is 56.9 Å². The lowest BCUT2D eigenvalue weighted by molar-refractivity contribution is 0.414. The molecule has 1 spiro atoms. The van der Waals surface area contributed by atoms with Crippen LogP contribution in [-0.4, -0.2) is 49.4 Å². The summed E-state index contributed by atoms with van der Waals surface area (Å²) in [6, 6.07) is 54.2. The zero-order chi connectivity index (χ0) is 42.0. The normalized spacial score (nSPS) is 15.9. The van der Waals surface area contributed by atoms with Crippen molar-refractivity contribution in [2.75, 3.05) is 28.4 Å². The van der Waals surface area contributed by atoms with E-state index in [-0.39, 0.29) is 0 Å². The van der Waals surface area contributed by atoms with E-state index >= 15 is 0 Å². The van der Waals surface area contributed by atoms with E-state index in [2.05, 4.69) is 102 Å². The smallest absolute Gasteiger partial charge is 0.159 e. The van der Waals surface area contributed by atoms with Gasteiger partial charge in [0.25, 0.3) is 0 Å². The summed E-state index contributed by atoms with van der Waals surface area (Å²) >= 11 is 0. The van der Waals surface area contributed by atoms with Crippen LogP contribution in [0.25, 0.3) is 50.8 Å². The molecule has 0 fully saturated rings. The average molecular weight is 809 g/mol. The first kappa shape index (κ1) is 37.1. The van der Waals surface area contributed by atoms with Gasteiger partial charge in [-0.2, -0.15) is 0 Å². The molecule has 11 rings (SSSR count). The quantitative estimate of drug-likeness (QED) is 0.153. The second-order valence-corrected chi connectivity index (χ2v) is 15.4. The zero-order valence-electron chi connectivity index (χ0n) is 34.6. The second kappa shape index (κ2) is 14.6. The van der Waals surface area contributed by atoms with Gasteiger partial charge < -0.3 is 23.5 Å². The number of imidazole rings is 1. The highest BCUT2D eigenvalue weighted by molar-refractivity contribution is 6.55. The fourth-order valence-electron chi connectivity index (χ4n) is 9.37. The van der Waals surface area contributed by atoms with Gasteiger partial charge in [0, 0.05) is 39.0 Å². The molecule has 0 saturated carbocycles. The summed E-state index contributed by atoms with van der Waals surface area (Å²) in [5.74, 6) is 4.53. The predicted molar refractivity (Wildman–Crippen MR) is 247 cm³/mol. The van der Waals surface area contributed by atoms with Gasteiger partial charge in [-0.05, 0) is 119 Å². The molecule has 0 saturated heterocycles. The largest absolute Gasteiger partial charge is 0.497 e. The maximum Gasteiger partial charge on any atom is 0.159 e. The molecule has 8 aromatic rings. The van der Waals surface area contributed by atoms with Gasteiger partial charge in [-0.3, -0.25) is 0 Å². The van der Waals surface area contributed by atoms with Crippen molar-refractivity contribution < 1.29 is 18.9 Å². The van der Waals surface area contributed by atoms with Crippen molar-refractivity contribution in [3.05, 3.63) is 203 Å². The van der Waals surface area contributed by atoms with E-state index in [4.69, 9.17) is 33.9 Å². The average Bonchev–Trinajstić information content (AvgIpc) is 4.04. The van der Waals surface area contributed by atoms with Gasteiger partial charge in [0.15, 0.2) is 5.82 Å². The molecule has 1 atom stereocenters. The Balaban J connectivity index is 1.30. The summed E-state index contributed by atoms with van der Waals surface area (Å²) in [4.78, 5) is 16.8. The maximum absolute atomic E-state index is 5.68. The lowest BCUT2D eigenvalue weighted by Gasteiger charge is -2.40. The summed E-state index contributed by atoms with van der Waals surface area (Å²) in [7, 11) is 6.73. The third-order valence-corrected chi connectivity index (χ3v) is 12.3. The molecular formula is C54H40N4O4. The fraction of sp³-hybridized carbons (Fsp3) is 0.0926. The summed E-state index contributed by atoms with van der Waals surface area (Å²) in [5, 5.41) is 2.26. The Bertz CT molecular complexity index is 3130. The number of aromatic nitrogens is 2. The van der Waals surface area contributed by atoms with Crippen molar-refractivity contribution >= 4 is 28.3 Å². The first-order chi connectivity index (χ1) is 30.5. The minimum atomic E-state index is -0.993. The van der Waals surface area contributed by atoms with Crippen LogP contribution in [0.15, 0.2) is 185 Å². The van der Waals surface area contributed by atoms with Gasteiger partial charge >= 0.3 is 0 Å². The molecule has 0 bridgehead atoms. The summed E-state index contributed by atoms with van der Waals surface area (Å²) in [5.41, 5.74) is 11.4. The second-order valence-electron chi connectivity index (χ2n) is 15.4. The van der Waals surface area contributed by atoms with Crippen LogP contribution in [0.3, 0.4) is 0 Å². The van der Waals surface area contributed by atoms with Crippen molar-refractivity contribution in [2.24, 2.45) is 9.98 Å². The Morgan fingerprint density at radius 3 is 1.58 bits per heavy atom. The van der Waals surface area contributed by atoms with Crippen LogP contribution in [0.2, 0.25) is 0 Å². The Morgan fingerprint density at radius 2 is 1.00 bits per heavy atom. The van der Waals surface area contributed by atoms with Crippen LogP contribution in [0.5, 0.6) is 23.0 Å². The van der Waals surface area contributed by atoms with E-state index < -0.39 is 5.54 Å². The zero-order valence-corrected chi connectivity index (χ0v) is 34.6. The van der Waals surface area contributed by atoms with Gasteiger partial charge in [-0.25, -0.2) is 15.0 Å². The van der Waals surface area contributed by atoms with E-state index in [0.717, 1.165) is 112 Å². The first-order valence-electron chi connectivity index (χ1n) is 20.5. The highest BCUT2D eigenvalue weighted by atomic mass is 16.5. The molecule has 8 nitrogen and oxygen atoms in total. The molecular weight excluding hydrogens is 769 g/mol. The van der Waals surface area contributed by atoms with E-state index in [9.17, 15) is 0 Å². The highest BCUT2D eigenvalue weighted by Crippen LogP contribution is 2.60. The third-order valence-electron chi connectivity index (χ3n) is 12.3. The van der Waals surface area contributed by atoms with E-state index in [1.54, 1.807) is 28.4 Å². The molecule has 0 amide bonds. The molecule has 1 unspecified atom stereocenters. The van der Waals surface area contributed by atoms with E-state index in [0.29, 0.717) is 5.82 Å². The predicted octanol–water partition coefficient (Wildman–Crippen LogP) is 11.4. The number of hydrogen-bond acceptors (Lipinski definition) is 7. The number of rotatable bonds is 8. The molecule has 3 aliphatic rings. The minimum Gasteiger partial charge on any atom is -0.497 e. The van der Waals surface area contributed by atoms with Gasteiger partial charge in [0.2, 0.25) is 0 Å². The molecule has 0 N–H and O–H groups in total. The summed E-state index contributed by atoms with van der Waals surface area (Å²) in [6.07, 6.45) is 4.42. The summed E-state index contributed by atoms with van der Waals surface area (Å²) in [6.45, 7) is 0. The third kappa shape index (κ3) is 5.57. The molecule has 1 aromatic heterocycles. The van der Waals surface area contributed by atoms with Crippen molar-refractivity contribution in [2.45, 2.75) is 5.54 Å². The lowest BCUT2D eigenvalue weighted by Crippen LogP contribution is -2.38. The Morgan fingerprint density at radius 1 is 0.484 bits per heavy atom. The molecule has 8 heteroatoms. The van der Waals surface area contributed by atoms with Crippen LogP contribution in [0, 0.1) is 0 Å². The molecule has 3 heterocycles. The fourth-order valence-corrected chi connectivity index (χ4v) is 9.37. The maximum atomic E-state index is 5.68. The number of methoxy groups -OCH3 is 4. The highest BCUT2D eigenvalue weighted by Gasteiger charge is 2.54. The molecule has 2 aliphatic heterocycles. The van der Waals surface area contributed by atoms with E-state index in [1.165, 1.54) is 0 Å². The molecule has 62 heavy (non-hydrogen) atoms. The van der Waals surface area contributed by atoms with Crippen LogP contribution in [0.4, 0.5) is 0 Å². The number of aliphatic imine (C=N–C) groups is 2. The SMILES string of the molecule is COc1ccc(C2=NC(=C3C=Cc4ccccc4C34c3c(ccc5ccccc35)-c3nc(-c5ccc(OC)cc5)c(-c5ccc(OC)cc5)n34)N=C2c2ccc(OC)cc2)cc1. The van der Waals surface area contributed by atoms with Gasteiger partial charge in [0.05, 0.1) is 51.3 Å². The molecule has 0 radical (unpaired) electrons. The van der Waals surface area contributed by atoms with Crippen molar-refractivity contribution in [3.63, 3.8) is 0 Å². The molecule has 300 valence electrons. The number of nitrogens with zero attached hydrogens (tertiary/aromatic N) is 4. The van der Waals surface area contributed by atoms with Gasteiger partial charge in [-0.1, -0.05) is 72.8 Å². The van der Waals surface area contributed by atoms with Crippen molar-refractivity contribution in [1.29, 1.82) is 0 Å². The van der Waals surface area contributed by atoms with E-state index in [1.807, 2.05) is 72.8 Å². The van der Waals surface area contributed by atoms with Gasteiger partial charge in [0.1, 0.15) is 34.4 Å². The van der Waals surface area contributed by atoms with Gasteiger partial charge in [-0.15, -0.1) is 0 Å². The Hall–Kier alpha value is -7.97. The lowest BCUT2D eigenvalue weighted by atomic mass is 9.70.